The fourth-order valence-corrected chi connectivity index (χ4v) is 4.86. The molecule has 1 fully saturated rings. The monoisotopic (exact) mass is 347 g/mol. The summed E-state index contributed by atoms with van der Waals surface area (Å²) in [7, 11) is 0. The zero-order valence-electron chi connectivity index (χ0n) is 16.1. The Morgan fingerprint density at radius 3 is 2.38 bits per heavy atom. The van der Waals surface area contributed by atoms with E-state index in [1.807, 2.05) is 11.8 Å². The van der Waals surface area contributed by atoms with Crippen molar-refractivity contribution in [1.29, 1.82) is 0 Å². The van der Waals surface area contributed by atoms with E-state index in [1.54, 1.807) is 0 Å². The minimum absolute atomic E-state index is 0.195. The van der Waals surface area contributed by atoms with Crippen LogP contribution in [0.25, 0.3) is 0 Å². The van der Waals surface area contributed by atoms with E-state index in [4.69, 9.17) is 0 Å². The molecule has 0 N–H and O–H groups in total. The Bertz CT molecular complexity index is 544. The van der Waals surface area contributed by atoms with Crippen LogP contribution < -0.4 is 0 Å². The predicted octanol–water partition coefficient (Wildman–Crippen LogP) is 5.85. The van der Waals surface area contributed by atoms with Crippen LogP contribution in [0.5, 0.6) is 0 Å². The Morgan fingerprint density at radius 2 is 1.83 bits per heavy atom. The largest absolute Gasteiger partial charge is 0.326 e. The third-order valence-corrected chi connectivity index (χ3v) is 5.84. The summed E-state index contributed by atoms with van der Waals surface area (Å²) in [6.45, 7) is 14.3. The Hall–Kier alpha value is -0.960. The number of thioether (sulfide) groups is 1. The van der Waals surface area contributed by atoms with Gasteiger partial charge < -0.3 is 4.90 Å². The molecule has 2 rings (SSSR count). The van der Waals surface area contributed by atoms with Gasteiger partial charge in [-0.25, -0.2) is 0 Å². The molecule has 1 aliphatic rings. The average Bonchev–Trinajstić information content (AvgIpc) is 2.94. The minimum atomic E-state index is 0.195. The van der Waals surface area contributed by atoms with E-state index in [0.29, 0.717) is 24.2 Å². The summed E-state index contributed by atoms with van der Waals surface area (Å²) in [5, 5.41) is 0.195. The van der Waals surface area contributed by atoms with Gasteiger partial charge in [0.1, 0.15) is 5.37 Å². The molecule has 1 aliphatic heterocycles. The second-order valence-electron chi connectivity index (χ2n) is 8.71. The molecule has 0 spiro atoms. The van der Waals surface area contributed by atoms with Crippen LogP contribution >= 0.6 is 11.8 Å². The van der Waals surface area contributed by atoms with Crippen LogP contribution in [0, 0.1) is 11.3 Å². The molecule has 24 heavy (non-hydrogen) atoms. The van der Waals surface area contributed by atoms with Crippen LogP contribution in [-0.4, -0.2) is 23.1 Å². The number of hydrogen-bond acceptors (Lipinski definition) is 2. The molecular weight excluding hydrogens is 314 g/mol. The minimum Gasteiger partial charge on any atom is -0.326 e. The molecule has 0 aromatic heterocycles. The fraction of sp³-hybridized carbons (Fsp3) is 0.667. The van der Waals surface area contributed by atoms with Crippen molar-refractivity contribution in [3.05, 3.63) is 35.4 Å². The fourth-order valence-electron chi connectivity index (χ4n) is 3.58. The molecule has 0 saturated carbocycles. The van der Waals surface area contributed by atoms with Crippen molar-refractivity contribution >= 4 is 17.7 Å². The summed E-state index contributed by atoms with van der Waals surface area (Å²) < 4.78 is 0. The van der Waals surface area contributed by atoms with Crippen LogP contribution in [0.2, 0.25) is 0 Å². The van der Waals surface area contributed by atoms with Crippen molar-refractivity contribution < 1.29 is 4.79 Å². The molecule has 1 saturated heterocycles. The van der Waals surface area contributed by atoms with E-state index >= 15 is 0 Å². The van der Waals surface area contributed by atoms with Crippen molar-refractivity contribution in [3.63, 3.8) is 0 Å². The lowest BCUT2D eigenvalue weighted by atomic mass is 9.84. The lowest BCUT2D eigenvalue weighted by Gasteiger charge is -2.28. The van der Waals surface area contributed by atoms with Gasteiger partial charge in [-0.05, 0) is 34.8 Å². The average molecular weight is 348 g/mol. The predicted molar refractivity (Wildman–Crippen MR) is 105 cm³/mol. The Morgan fingerprint density at radius 1 is 1.21 bits per heavy atom. The number of carbonyl (C=O) groups excluding carboxylic acids is 1. The van der Waals surface area contributed by atoms with Crippen LogP contribution in [0.15, 0.2) is 24.3 Å². The molecule has 2 nitrogen and oxygen atoms in total. The van der Waals surface area contributed by atoms with Gasteiger partial charge in [0.25, 0.3) is 0 Å². The van der Waals surface area contributed by atoms with Gasteiger partial charge >= 0.3 is 0 Å². The Labute approximate surface area is 152 Å². The van der Waals surface area contributed by atoms with Gasteiger partial charge in [0.05, 0.1) is 0 Å². The second kappa shape index (κ2) is 7.95. The van der Waals surface area contributed by atoms with Gasteiger partial charge in [-0.15, -0.1) is 11.8 Å². The van der Waals surface area contributed by atoms with Crippen molar-refractivity contribution in [2.24, 2.45) is 11.3 Å². The number of carbonyl (C=O) groups is 1. The maximum absolute atomic E-state index is 12.8. The summed E-state index contributed by atoms with van der Waals surface area (Å²) in [6.07, 6.45) is 1.76. The molecule has 134 valence electrons. The normalized spacial score (nSPS) is 19.8. The topological polar surface area (TPSA) is 20.3 Å². The summed E-state index contributed by atoms with van der Waals surface area (Å²) in [6, 6.07) is 8.84. The van der Waals surface area contributed by atoms with Gasteiger partial charge in [0.15, 0.2) is 0 Å². The maximum atomic E-state index is 12.8. The molecule has 0 bridgehead atoms. The highest BCUT2D eigenvalue weighted by atomic mass is 32.2. The van der Waals surface area contributed by atoms with E-state index in [0.717, 1.165) is 18.7 Å². The van der Waals surface area contributed by atoms with Crippen molar-refractivity contribution in [2.75, 3.05) is 12.3 Å². The van der Waals surface area contributed by atoms with E-state index in [1.165, 1.54) is 11.1 Å². The zero-order chi connectivity index (χ0) is 17.9. The van der Waals surface area contributed by atoms with Crippen LogP contribution in [-0.2, 0) is 4.79 Å². The third-order valence-electron chi connectivity index (χ3n) is 4.58. The molecule has 1 aromatic carbocycles. The van der Waals surface area contributed by atoms with Crippen LogP contribution in [0.1, 0.15) is 76.8 Å². The standard InChI is InChI=1S/C21H33NOS/c1-15(2)17-7-9-18(10-8-17)20-22(11-12-24-20)19(23)13-16(3)14-21(4,5)6/h7-10,15-16,20H,11-14H2,1-6H3/t16-,20+/m1/s1. The summed E-state index contributed by atoms with van der Waals surface area (Å²) in [4.78, 5) is 14.9. The molecule has 3 heteroatoms. The first-order valence-electron chi connectivity index (χ1n) is 9.18. The first-order chi connectivity index (χ1) is 11.2. The first kappa shape index (κ1) is 19.4. The Balaban J connectivity index is 2.03. The van der Waals surface area contributed by atoms with Gasteiger partial charge in [-0.1, -0.05) is 65.8 Å². The molecular formula is C21H33NOS. The van der Waals surface area contributed by atoms with Gasteiger partial charge in [0.2, 0.25) is 5.91 Å². The van der Waals surface area contributed by atoms with Gasteiger partial charge in [-0.2, -0.15) is 0 Å². The lowest BCUT2D eigenvalue weighted by molar-refractivity contribution is -0.132. The molecule has 1 aromatic rings. The lowest BCUT2D eigenvalue weighted by Crippen LogP contribution is -2.32. The number of benzene rings is 1. The molecule has 1 heterocycles. The Kier molecular flexibility index (Phi) is 6.41. The maximum Gasteiger partial charge on any atom is 0.224 e. The van der Waals surface area contributed by atoms with Crippen molar-refractivity contribution in [1.82, 2.24) is 4.90 Å². The quantitative estimate of drug-likeness (QED) is 0.666. The summed E-state index contributed by atoms with van der Waals surface area (Å²) in [5.41, 5.74) is 2.91. The number of nitrogens with zero attached hydrogens (tertiary/aromatic N) is 1. The van der Waals surface area contributed by atoms with E-state index < -0.39 is 0 Å². The SMILES string of the molecule is CC(C)c1ccc([C@@H]2SCCN2C(=O)C[C@@H](C)CC(C)(C)C)cc1. The second-order valence-corrected chi connectivity index (χ2v) is 9.89. The van der Waals surface area contributed by atoms with Crippen molar-refractivity contribution in [2.45, 2.75) is 65.7 Å². The molecule has 2 atom stereocenters. The highest BCUT2D eigenvalue weighted by Crippen LogP contribution is 2.39. The van der Waals surface area contributed by atoms with E-state index in [-0.39, 0.29) is 10.8 Å². The van der Waals surface area contributed by atoms with Crippen LogP contribution in [0.4, 0.5) is 0 Å². The first-order valence-corrected chi connectivity index (χ1v) is 10.2. The number of hydrogen-bond donors (Lipinski definition) is 0. The summed E-state index contributed by atoms with van der Waals surface area (Å²) >= 11 is 1.89. The number of rotatable bonds is 5. The smallest absolute Gasteiger partial charge is 0.224 e. The van der Waals surface area contributed by atoms with E-state index in [9.17, 15) is 4.79 Å². The zero-order valence-corrected chi connectivity index (χ0v) is 17.0. The highest BCUT2D eigenvalue weighted by molar-refractivity contribution is 7.99. The molecule has 0 radical (unpaired) electrons. The van der Waals surface area contributed by atoms with Gasteiger partial charge in [-0.3, -0.25) is 4.79 Å². The van der Waals surface area contributed by atoms with Gasteiger partial charge in [0, 0.05) is 18.7 Å². The van der Waals surface area contributed by atoms with Crippen molar-refractivity contribution in [3.8, 4) is 0 Å². The highest BCUT2D eigenvalue weighted by Gasteiger charge is 2.31. The summed E-state index contributed by atoms with van der Waals surface area (Å²) in [5.74, 6) is 2.34. The molecule has 0 aliphatic carbocycles. The molecule has 1 amide bonds. The van der Waals surface area contributed by atoms with E-state index in [2.05, 4.69) is 70.7 Å². The molecule has 0 unspecified atom stereocenters. The van der Waals surface area contributed by atoms with Crippen LogP contribution in [0.3, 0.4) is 0 Å². The third kappa shape index (κ3) is 5.27. The number of amides is 1.